The zero-order valence-corrected chi connectivity index (χ0v) is 11.5. The zero-order chi connectivity index (χ0) is 14.3. The number of rotatable bonds is 6. The fourth-order valence-corrected chi connectivity index (χ4v) is 1.69. The normalized spacial score (nSPS) is 10.0. The van der Waals surface area contributed by atoms with Gasteiger partial charge in [-0.2, -0.15) is 0 Å². The highest BCUT2D eigenvalue weighted by molar-refractivity contribution is 6.31. The highest BCUT2D eigenvalue weighted by Gasteiger charge is 2.05. The number of anilines is 1. The van der Waals surface area contributed by atoms with E-state index in [9.17, 15) is 9.59 Å². The molecule has 3 N–H and O–H groups in total. The summed E-state index contributed by atoms with van der Waals surface area (Å²) in [4.78, 5) is 21.9. The first-order valence-electron chi connectivity index (χ1n) is 6.02. The van der Waals surface area contributed by atoms with E-state index in [-0.39, 0.29) is 12.5 Å². The molecule has 5 nitrogen and oxygen atoms in total. The van der Waals surface area contributed by atoms with Crippen molar-refractivity contribution in [2.75, 3.05) is 11.9 Å². The molecule has 2 amide bonds. The van der Waals surface area contributed by atoms with Crippen molar-refractivity contribution in [3.63, 3.8) is 0 Å². The lowest BCUT2D eigenvalue weighted by atomic mass is 10.2. The van der Waals surface area contributed by atoms with Crippen molar-refractivity contribution in [2.24, 2.45) is 0 Å². The van der Waals surface area contributed by atoms with Gasteiger partial charge < -0.3 is 15.7 Å². The Balaban J connectivity index is 2.31. The van der Waals surface area contributed by atoms with Gasteiger partial charge in [-0.15, -0.1) is 0 Å². The van der Waals surface area contributed by atoms with Gasteiger partial charge in [-0.25, -0.2) is 4.79 Å². The second-order valence-electron chi connectivity index (χ2n) is 4.14. The molecule has 0 heterocycles. The lowest BCUT2D eigenvalue weighted by Gasteiger charge is -2.10. The minimum absolute atomic E-state index is 0.122. The quantitative estimate of drug-likeness (QED) is 0.703. The molecule has 0 bridgehead atoms. The summed E-state index contributed by atoms with van der Waals surface area (Å²) in [6.45, 7) is 2.27. The van der Waals surface area contributed by atoms with Crippen LogP contribution in [0.25, 0.3) is 0 Å². The summed E-state index contributed by atoms with van der Waals surface area (Å²) in [5.74, 6) is -0.820. The van der Waals surface area contributed by atoms with Crippen LogP contribution in [0.1, 0.15) is 24.8 Å². The summed E-state index contributed by atoms with van der Waals surface area (Å²) in [5.41, 5.74) is 1.47. The number of halogens is 1. The maximum absolute atomic E-state index is 11.6. The van der Waals surface area contributed by atoms with Crippen molar-refractivity contribution in [3.05, 3.63) is 28.8 Å². The van der Waals surface area contributed by atoms with Crippen LogP contribution in [0, 0.1) is 6.92 Å². The highest BCUT2D eigenvalue weighted by Crippen LogP contribution is 2.22. The molecule has 1 aromatic rings. The second kappa shape index (κ2) is 7.63. The van der Waals surface area contributed by atoms with Crippen LogP contribution in [-0.4, -0.2) is 23.7 Å². The molecule has 0 fully saturated rings. The molecule has 0 atom stereocenters. The van der Waals surface area contributed by atoms with Crippen molar-refractivity contribution in [3.8, 4) is 0 Å². The van der Waals surface area contributed by atoms with Gasteiger partial charge in [0.05, 0.1) is 0 Å². The fraction of sp³-hybridized carbons (Fsp3) is 0.385. The number of carboxylic acid groups (broad SMARTS) is 1. The number of carboxylic acids is 1. The van der Waals surface area contributed by atoms with Gasteiger partial charge in [0.1, 0.15) is 0 Å². The molecule has 0 unspecified atom stereocenters. The maximum atomic E-state index is 11.6. The van der Waals surface area contributed by atoms with E-state index in [2.05, 4.69) is 10.6 Å². The van der Waals surface area contributed by atoms with Crippen LogP contribution in [0.15, 0.2) is 18.2 Å². The van der Waals surface area contributed by atoms with E-state index in [4.69, 9.17) is 16.7 Å². The van der Waals surface area contributed by atoms with E-state index in [1.54, 1.807) is 18.2 Å². The number of unbranched alkanes of at least 4 members (excludes halogenated alkanes) is 1. The van der Waals surface area contributed by atoms with Crippen LogP contribution in [0.2, 0.25) is 5.02 Å². The van der Waals surface area contributed by atoms with Crippen LogP contribution in [-0.2, 0) is 4.79 Å². The third kappa shape index (κ3) is 5.61. The Morgan fingerprint density at radius 1 is 1.32 bits per heavy atom. The van der Waals surface area contributed by atoms with Crippen LogP contribution in [0.5, 0.6) is 0 Å². The Morgan fingerprint density at radius 2 is 2.05 bits per heavy atom. The molecule has 0 saturated carbocycles. The lowest BCUT2D eigenvalue weighted by Crippen LogP contribution is -2.29. The van der Waals surface area contributed by atoms with Crippen LogP contribution in [0.3, 0.4) is 0 Å². The van der Waals surface area contributed by atoms with Crippen LogP contribution >= 0.6 is 11.6 Å². The average Bonchev–Trinajstić information content (AvgIpc) is 2.34. The molecule has 19 heavy (non-hydrogen) atoms. The number of carbonyl (C=O) groups is 2. The van der Waals surface area contributed by atoms with Crippen molar-refractivity contribution < 1.29 is 14.7 Å². The van der Waals surface area contributed by atoms with Crippen molar-refractivity contribution in [1.29, 1.82) is 0 Å². The van der Waals surface area contributed by atoms with E-state index in [0.717, 1.165) is 5.56 Å². The predicted octanol–water partition coefficient (Wildman–Crippen LogP) is 3.02. The zero-order valence-electron chi connectivity index (χ0n) is 10.7. The van der Waals surface area contributed by atoms with Gasteiger partial charge in [0.15, 0.2) is 0 Å². The Bertz CT molecular complexity index is 463. The smallest absolute Gasteiger partial charge is 0.319 e. The number of urea groups is 1. The molecule has 0 radical (unpaired) electrons. The number of carbonyl (C=O) groups excluding carboxylic acids is 1. The molecule has 0 saturated heterocycles. The van der Waals surface area contributed by atoms with Crippen LogP contribution in [0.4, 0.5) is 10.5 Å². The van der Waals surface area contributed by atoms with E-state index < -0.39 is 5.97 Å². The number of nitrogens with one attached hydrogen (secondary N) is 2. The van der Waals surface area contributed by atoms with Crippen molar-refractivity contribution in [1.82, 2.24) is 5.32 Å². The molecule has 6 heteroatoms. The molecule has 0 aromatic heterocycles. The summed E-state index contributed by atoms with van der Waals surface area (Å²) < 4.78 is 0. The van der Waals surface area contributed by atoms with Crippen molar-refractivity contribution >= 4 is 29.3 Å². The molecule has 0 aliphatic heterocycles. The Hall–Kier alpha value is -1.75. The maximum Gasteiger partial charge on any atom is 0.319 e. The topological polar surface area (TPSA) is 78.4 Å². The number of hydrogen-bond acceptors (Lipinski definition) is 2. The van der Waals surface area contributed by atoms with E-state index in [1.807, 2.05) is 6.92 Å². The summed E-state index contributed by atoms with van der Waals surface area (Å²) in [6, 6.07) is 4.97. The molecule has 104 valence electrons. The highest BCUT2D eigenvalue weighted by atomic mass is 35.5. The van der Waals surface area contributed by atoms with E-state index in [0.29, 0.717) is 30.1 Å². The predicted molar refractivity (Wildman–Crippen MR) is 74.7 cm³/mol. The Labute approximate surface area is 117 Å². The standard InChI is InChI=1S/C13H17ClN2O3/c1-9-10(14)5-4-6-11(9)16-13(19)15-8-3-2-7-12(17)18/h4-6H,2-3,7-8H2,1H3,(H,17,18)(H2,15,16,19). The number of amides is 2. The number of aliphatic carboxylic acids is 1. The monoisotopic (exact) mass is 284 g/mol. The SMILES string of the molecule is Cc1c(Cl)cccc1NC(=O)NCCCCC(=O)O. The van der Waals surface area contributed by atoms with Gasteiger partial charge >= 0.3 is 12.0 Å². The van der Waals surface area contributed by atoms with E-state index >= 15 is 0 Å². The largest absolute Gasteiger partial charge is 0.481 e. The summed E-state index contributed by atoms with van der Waals surface area (Å²) in [6.07, 6.45) is 1.30. The van der Waals surface area contributed by atoms with Crippen molar-refractivity contribution in [2.45, 2.75) is 26.2 Å². The second-order valence-corrected chi connectivity index (χ2v) is 4.55. The summed E-state index contributed by atoms with van der Waals surface area (Å²) in [5, 5.41) is 14.4. The summed E-state index contributed by atoms with van der Waals surface area (Å²) >= 11 is 5.95. The van der Waals surface area contributed by atoms with Gasteiger partial charge in [-0.3, -0.25) is 4.79 Å². The van der Waals surface area contributed by atoms with Gasteiger partial charge in [-0.1, -0.05) is 17.7 Å². The molecule has 0 aliphatic rings. The number of hydrogen-bond donors (Lipinski definition) is 3. The summed E-state index contributed by atoms with van der Waals surface area (Å²) in [7, 11) is 0. The van der Waals surface area contributed by atoms with Gasteiger partial charge in [0.25, 0.3) is 0 Å². The fourth-order valence-electron chi connectivity index (χ4n) is 1.51. The molecule has 0 aliphatic carbocycles. The Kier molecular flexibility index (Phi) is 6.15. The average molecular weight is 285 g/mol. The molecular weight excluding hydrogens is 268 g/mol. The first kappa shape index (κ1) is 15.3. The third-order valence-corrected chi connectivity index (χ3v) is 3.03. The molecular formula is C13H17ClN2O3. The van der Waals surface area contributed by atoms with Gasteiger partial charge in [0.2, 0.25) is 0 Å². The molecule has 0 spiro atoms. The lowest BCUT2D eigenvalue weighted by molar-refractivity contribution is -0.137. The third-order valence-electron chi connectivity index (χ3n) is 2.62. The minimum Gasteiger partial charge on any atom is -0.481 e. The van der Waals surface area contributed by atoms with E-state index in [1.165, 1.54) is 0 Å². The first-order valence-corrected chi connectivity index (χ1v) is 6.40. The van der Waals surface area contributed by atoms with Gasteiger partial charge in [-0.05, 0) is 37.5 Å². The van der Waals surface area contributed by atoms with Crippen LogP contribution < -0.4 is 10.6 Å². The minimum atomic E-state index is -0.820. The number of benzene rings is 1. The van der Waals surface area contributed by atoms with Gasteiger partial charge in [0, 0.05) is 23.7 Å². The Morgan fingerprint density at radius 3 is 2.74 bits per heavy atom. The molecule has 1 rings (SSSR count). The molecule has 1 aromatic carbocycles. The first-order chi connectivity index (χ1) is 9.00.